The van der Waals surface area contributed by atoms with E-state index in [4.69, 9.17) is 16.9 Å². The van der Waals surface area contributed by atoms with Crippen LogP contribution in [-0.2, 0) is 13.0 Å². The van der Waals surface area contributed by atoms with E-state index in [1.807, 2.05) is 6.07 Å². The zero-order chi connectivity index (χ0) is 12.8. The Morgan fingerprint density at radius 1 is 1.33 bits per heavy atom. The lowest BCUT2D eigenvalue weighted by Crippen LogP contribution is -2.16. The Kier molecular flexibility index (Phi) is 4.77. The van der Waals surface area contributed by atoms with Crippen molar-refractivity contribution in [2.24, 2.45) is 0 Å². The van der Waals surface area contributed by atoms with Gasteiger partial charge in [-0.15, -0.1) is 11.3 Å². The van der Waals surface area contributed by atoms with Gasteiger partial charge in [0, 0.05) is 23.0 Å². The molecule has 0 radical (unpaired) electrons. The molecular weight excluding hydrogens is 264 g/mol. The summed E-state index contributed by atoms with van der Waals surface area (Å²) in [5.41, 5.74) is 1.63. The number of nitrogens with one attached hydrogen (secondary N) is 1. The summed E-state index contributed by atoms with van der Waals surface area (Å²) in [6.45, 7) is 1.66. The molecule has 0 bridgehead atoms. The molecular formula is C14H13ClN2S. The fourth-order valence-electron chi connectivity index (χ4n) is 1.65. The van der Waals surface area contributed by atoms with E-state index in [2.05, 4.69) is 28.9 Å². The van der Waals surface area contributed by atoms with Gasteiger partial charge in [0.15, 0.2) is 0 Å². The summed E-state index contributed by atoms with van der Waals surface area (Å²) in [4.78, 5) is 1.38. The summed E-state index contributed by atoms with van der Waals surface area (Å²) >= 11 is 7.87. The first-order valence-electron chi connectivity index (χ1n) is 5.71. The highest BCUT2D eigenvalue weighted by molar-refractivity contribution is 7.09. The molecule has 2 rings (SSSR count). The second kappa shape index (κ2) is 6.55. The van der Waals surface area contributed by atoms with Crippen molar-refractivity contribution in [2.75, 3.05) is 6.54 Å². The highest BCUT2D eigenvalue weighted by Crippen LogP contribution is 2.17. The van der Waals surface area contributed by atoms with Crippen LogP contribution in [0.25, 0.3) is 0 Å². The molecule has 0 saturated heterocycles. The number of halogens is 1. The van der Waals surface area contributed by atoms with Crippen LogP contribution in [0.4, 0.5) is 0 Å². The van der Waals surface area contributed by atoms with Crippen molar-refractivity contribution in [3.8, 4) is 6.07 Å². The fraction of sp³-hybridized carbons (Fsp3) is 0.214. The smallest absolute Gasteiger partial charge is 0.0992 e. The van der Waals surface area contributed by atoms with Gasteiger partial charge in [-0.3, -0.25) is 0 Å². The van der Waals surface area contributed by atoms with E-state index in [0.29, 0.717) is 10.6 Å². The SMILES string of the molecule is N#Cc1ccc(CNCCc2cccs2)c(Cl)c1. The Bertz CT molecular complexity index is 543. The van der Waals surface area contributed by atoms with Gasteiger partial charge in [0.1, 0.15) is 0 Å². The molecule has 0 aliphatic heterocycles. The van der Waals surface area contributed by atoms with E-state index in [-0.39, 0.29) is 0 Å². The standard InChI is InChI=1S/C14H13ClN2S/c15-14-8-11(9-16)3-4-12(14)10-17-6-5-13-2-1-7-18-13/h1-4,7-8,17H,5-6,10H2. The number of nitriles is 1. The molecule has 92 valence electrons. The van der Waals surface area contributed by atoms with Crippen LogP contribution in [0.15, 0.2) is 35.7 Å². The number of hydrogen-bond acceptors (Lipinski definition) is 3. The van der Waals surface area contributed by atoms with Gasteiger partial charge in [-0.05, 0) is 35.6 Å². The molecule has 2 aromatic rings. The Morgan fingerprint density at radius 3 is 2.89 bits per heavy atom. The monoisotopic (exact) mass is 276 g/mol. The van der Waals surface area contributed by atoms with Gasteiger partial charge in [0.2, 0.25) is 0 Å². The summed E-state index contributed by atoms with van der Waals surface area (Å²) in [6, 6.07) is 11.7. The lowest BCUT2D eigenvalue weighted by molar-refractivity contribution is 0.691. The number of benzene rings is 1. The van der Waals surface area contributed by atoms with Crippen LogP contribution in [0.3, 0.4) is 0 Å². The van der Waals surface area contributed by atoms with Crippen LogP contribution in [-0.4, -0.2) is 6.54 Å². The maximum absolute atomic E-state index is 8.75. The summed E-state index contributed by atoms with van der Waals surface area (Å²) in [5, 5.41) is 14.8. The molecule has 0 aliphatic carbocycles. The van der Waals surface area contributed by atoms with E-state index in [0.717, 1.165) is 25.1 Å². The summed E-state index contributed by atoms with van der Waals surface area (Å²) in [6.07, 6.45) is 1.03. The third kappa shape index (κ3) is 3.58. The molecule has 1 heterocycles. The maximum Gasteiger partial charge on any atom is 0.0992 e. The molecule has 0 aliphatic rings. The molecule has 0 unspecified atom stereocenters. The molecule has 0 saturated carbocycles. The highest BCUT2D eigenvalue weighted by atomic mass is 35.5. The van der Waals surface area contributed by atoms with Gasteiger partial charge in [-0.1, -0.05) is 23.7 Å². The van der Waals surface area contributed by atoms with Crippen LogP contribution < -0.4 is 5.32 Å². The first-order chi connectivity index (χ1) is 8.79. The zero-order valence-corrected chi connectivity index (χ0v) is 11.4. The Morgan fingerprint density at radius 2 is 2.22 bits per heavy atom. The second-order valence-electron chi connectivity index (χ2n) is 3.92. The van der Waals surface area contributed by atoms with Crippen LogP contribution in [0.5, 0.6) is 0 Å². The third-order valence-corrected chi connectivity index (χ3v) is 3.91. The Balaban J connectivity index is 1.82. The van der Waals surface area contributed by atoms with Gasteiger partial charge in [0.25, 0.3) is 0 Å². The second-order valence-corrected chi connectivity index (χ2v) is 5.36. The van der Waals surface area contributed by atoms with Crippen molar-refractivity contribution in [1.82, 2.24) is 5.32 Å². The van der Waals surface area contributed by atoms with Gasteiger partial charge < -0.3 is 5.32 Å². The minimum Gasteiger partial charge on any atom is -0.312 e. The van der Waals surface area contributed by atoms with Crippen molar-refractivity contribution >= 4 is 22.9 Å². The topological polar surface area (TPSA) is 35.8 Å². The average molecular weight is 277 g/mol. The normalized spacial score (nSPS) is 10.2. The van der Waals surface area contributed by atoms with E-state index < -0.39 is 0 Å². The molecule has 18 heavy (non-hydrogen) atoms. The Labute approximate surface area is 116 Å². The van der Waals surface area contributed by atoms with Crippen LogP contribution in [0.1, 0.15) is 16.0 Å². The molecule has 2 nitrogen and oxygen atoms in total. The lowest BCUT2D eigenvalue weighted by Gasteiger charge is -2.06. The molecule has 4 heteroatoms. The van der Waals surface area contributed by atoms with E-state index in [9.17, 15) is 0 Å². The molecule has 1 aromatic carbocycles. The first kappa shape index (κ1) is 13.1. The van der Waals surface area contributed by atoms with Crippen molar-refractivity contribution in [1.29, 1.82) is 5.26 Å². The summed E-state index contributed by atoms with van der Waals surface area (Å²) in [5.74, 6) is 0. The first-order valence-corrected chi connectivity index (χ1v) is 6.97. The molecule has 0 amide bonds. The van der Waals surface area contributed by atoms with Gasteiger partial charge >= 0.3 is 0 Å². The molecule has 0 fully saturated rings. The van der Waals surface area contributed by atoms with Crippen molar-refractivity contribution < 1.29 is 0 Å². The maximum atomic E-state index is 8.75. The molecule has 0 spiro atoms. The number of thiophene rings is 1. The van der Waals surface area contributed by atoms with Crippen LogP contribution in [0, 0.1) is 11.3 Å². The average Bonchev–Trinajstić information content (AvgIpc) is 2.89. The fourth-order valence-corrected chi connectivity index (χ4v) is 2.61. The van der Waals surface area contributed by atoms with Crippen molar-refractivity contribution in [2.45, 2.75) is 13.0 Å². The summed E-state index contributed by atoms with van der Waals surface area (Å²) < 4.78 is 0. The van der Waals surface area contributed by atoms with E-state index in [1.165, 1.54) is 4.88 Å². The van der Waals surface area contributed by atoms with E-state index >= 15 is 0 Å². The molecule has 1 aromatic heterocycles. The highest BCUT2D eigenvalue weighted by Gasteiger charge is 2.01. The number of rotatable bonds is 5. The van der Waals surface area contributed by atoms with Crippen LogP contribution in [0.2, 0.25) is 5.02 Å². The van der Waals surface area contributed by atoms with E-state index in [1.54, 1.807) is 23.5 Å². The van der Waals surface area contributed by atoms with Crippen LogP contribution >= 0.6 is 22.9 Å². The van der Waals surface area contributed by atoms with Gasteiger partial charge in [0.05, 0.1) is 11.6 Å². The molecule has 1 N–H and O–H groups in total. The minimum absolute atomic E-state index is 0.599. The van der Waals surface area contributed by atoms with Crippen molar-refractivity contribution in [3.05, 3.63) is 56.7 Å². The third-order valence-electron chi connectivity index (χ3n) is 2.63. The lowest BCUT2D eigenvalue weighted by atomic mass is 10.1. The quantitative estimate of drug-likeness (QED) is 0.847. The predicted octanol–water partition coefficient (Wildman–Crippen LogP) is 3.61. The Hall–Kier alpha value is -1.34. The number of nitrogens with zero attached hydrogens (tertiary/aromatic N) is 1. The van der Waals surface area contributed by atoms with Gasteiger partial charge in [-0.25, -0.2) is 0 Å². The summed E-state index contributed by atoms with van der Waals surface area (Å²) in [7, 11) is 0. The minimum atomic E-state index is 0.599. The molecule has 0 atom stereocenters. The predicted molar refractivity (Wildman–Crippen MR) is 75.9 cm³/mol. The van der Waals surface area contributed by atoms with Gasteiger partial charge in [-0.2, -0.15) is 5.26 Å². The zero-order valence-electron chi connectivity index (χ0n) is 9.82. The number of hydrogen-bond donors (Lipinski definition) is 1. The largest absolute Gasteiger partial charge is 0.312 e. The van der Waals surface area contributed by atoms with Crippen molar-refractivity contribution in [3.63, 3.8) is 0 Å².